The first-order chi connectivity index (χ1) is 12.9. The molecule has 0 fully saturated rings. The van der Waals surface area contributed by atoms with E-state index >= 15 is 0 Å². The van der Waals surface area contributed by atoms with Crippen molar-refractivity contribution in [3.63, 3.8) is 0 Å². The van der Waals surface area contributed by atoms with E-state index in [1.54, 1.807) is 7.11 Å². The summed E-state index contributed by atoms with van der Waals surface area (Å²) < 4.78 is 11.2. The normalized spacial score (nSPS) is 10.0. The molecule has 0 saturated carbocycles. The molecule has 7 heteroatoms. The third-order valence-electron chi connectivity index (χ3n) is 3.17. The van der Waals surface area contributed by atoms with Crippen LogP contribution in [0.4, 0.5) is 0 Å². The van der Waals surface area contributed by atoms with Crippen molar-refractivity contribution in [1.82, 2.24) is 4.90 Å². The van der Waals surface area contributed by atoms with E-state index in [0.717, 1.165) is 36.7 Å². The summed E-state index contributed by atoms with van der Waals surface area (Å²) >= 11 is 0. The zero-order valence-electron chi connectivity index (χ0n) is 15.8. The molecule has 0 saturated heterocycles. The zero-order chi connectivity index (χ0) is 20.7. The molecule has 0 bridgehead atoms. The van der Waals surface area contributed by atoms with Crippen molar-refractivity contribution in [3.8, 4) is 11.5 Å². The molecule has 1 aromatic carbocycles. The van der Waals surface area contributed by atoms with E-state index in [-0.39, 0.29) is 0 Å². The molecule has 0 atom stereocenters. The first-order valence-electron chi connectivity index (χ1n) is 8.23. The van der Waals surface area contributed by atoms with Gasteiger partial charge in [0.15, 0.2) is 11.5 Å². The predicted octanol–water partition coefficient (Wildman–Crippen LogP) is 2.94. The molecule has 0 aliphatic heterocycles. The number of carbonyl (C=O) groups is 2. The highest BCUT2D eigenvalue weighted by Crippen LogP contribution is 2.28. The van der Waals surface area contributed by atoms with E-state index in [2.05, 4.69) is 18.1 Å². The van der Waals surface area contributed by atoms with E-state index in [1.807, 2.05) is 49.4 Å². The van der Waals surface area contributed by atoms with Crippen LogP contribution in [0, 0.1) is 0 Å². The van der Waals surface area contributed by atoms with Gasteiger partial charge in [0.25, 0.3) is 0 Å². The number of ether oxygens (including phenoxy) is 2. The van der Waals surface area contributed by atoms with Gasteiger partial charge in [-0.1, -0.05) is 30.4 Å². The van der Waals surface area contributed by atoms with Gasteiger partial charge in [-0.15, -0.1) is 13.2 Å². The maximum atomic E-state index is 9.10. The second-order valence-electron chi connectivity index (χ2n) is 5.21. The number of carboxylic acid groups (broad SMARTS) is 2. The van der Waals surface area contributed by atoms with Gasteiger partial charge in [-0.05, 0) is 24.6 Å². The van der Waals surface area contributed by atoms with Crippen LogP contribution in [-0.4, -0.2) is 60.4 Å². The number of carboxylic acids is 2. The van der Waals surface area contributed by atoms with Crippen LogP contribution < -0.4 is 9.47 Å². The molecule has 0 radical (unpaired) electrons. The average Bonchev–Trinajstić information content (AvgIpc) is 2.63. The number of methoxy groups -OCH3 is 1. The van der Waals surface area contributed by atoms with Crippen molar-refractivity contribution in [2.75, 3.05) is 33.4 Å². The third-order valence-corrected chi connectivity index (χ3v) is 3.17. The van der Waals surface area contributed by atoms with Crippen LogP contribution in [0.1, 0.15) is 12.5 Å². The Morgan fingerprint density at radius 1 is 1.11 bits per heavy atom. The zero-order valence-corrected chi connectivity index (χ0v) is 15.8. The molecule has 0 aliphatic rings. The second kappa shape index (κ2) is 14.1. The molecule has 2 N–H and O–H groups in total. The lowest BCUT2D eigenvalue weighted by Crippen LogP contribution is -2.28. The minimum absolute atomic E-state index is 0.598. The highest BCUT2D eigenvalue weighted by Gasteiger charge is 2.06. The van der Waals surface area contributed by atoms with Crippen molar-refractivity contribution >= 4 is 18.0 Å². The molecule has 0 aromatic heterocycles. The standard InChI is InChI=1S/C18H25NO2.C2H2O4/c1-5-8-16-9-10-17(18(15-16)20-4)21-14-13-19(11-6-2)12-7-3;3-1(4)2(5)6/h5-10,15H,2-3,11-14H2,1,4H3;(H,3,4)(H,5,6)/b8-5+;. The molecule has 7 nitrogen and oxygen atoms in total. The molecule has 27 heavy (non-hydrogen) atoms. The van der Waals surface area contributed by atoms with Crippen molar-refractivity contribution < 1.29 is 29.3 Å². The van der Waals surface area contributed by atoms with Crippen molar-refractivity contribution in [2.24, 2.45) is 0 Å². The number of hydrogen-bond acceptors (Lipinski definition) is 5. The summed E-state index contributed by atoms with van der Waals surface area (Å²) in [6.07, 6.45) is 7.80. The van der Waals surface area contributed by atoms with Crippen molar-refractivity contribution in [2.45, 2.75) is 6.92 Å². The Labute approximate surface area is 159 Å². The number of rotatable bonds is 10. The van der Waals surface area contributed by atoms with Crippen LogP contribution in [-0.2, 0) is 9.59 Å². The summed E-state index contributed by atoms with van der Waals surface area (Å²) in [5.74, 6) is -2.13. The Kier molecular flexibility index (Phi) is 12.5. The fourth-order valence-corrected chi connectivity index (χ4v) is 2.01. The maximum absolute atomic E-state index is 9.10. The van der Waals surface area contributed by atoms with Gasteiger partial charge in [0.1, 0.15) is 6.61 Å². The van der Waals surface area contributed by atoms with Crippen molar-refractivity contribution in [1.29, 1.82) is 0 Å². The Morgan fingerprint density at radius 3 is 2.15 bits per heavy atom. The van der Waals surface area contributed by atoms with Gasteiger partial charge in [-0.2, -0.15) is 0 Å². The lowest BCUT2D eigenvalue weighted by molar-refractivity contribution is -0.159. The average molecular weight is 377 g/mol. The molecular weight excluding hydrogens is 350 g/mol. The van der Waals surface area contributed by atoms with Gasteiger partial charge in [0.2, 0.25) is 0 Å². The van der Waals surface area contributed by atoms with Gasteiger partial charge in [-0.3, -0.25) is 4.90 Å². The number of nitrogens with zero attached hydrogens (tertiary/aromatic N) is 1. The van der Waals surface area contributed by atoms with Crippen LogP contribution in [0.2, 0.25) is 0 Å². The van der Waals surface area contributed by atoms with Crippen LogP contribution in [0.3, 0.4) is 0 Å². The molecule has 1 rings (SSSR count). The molecule has 0 aliphatic carbocycles. The summed E-state index contributed by atoms with van der Waals surface area (Å²) in [5.41, 5.74) is 1.10. The Bertz CT molecular complexity index is 632. The fraction of sp³-hybridized carbons (Fsp3) is 0.300. The minimum Gasteiger partial charge on any atom is -0.493 e. The van der Waals surface area contributed by atoms with Crippen LogP contribution in [0.15, 0.2) is 49.6 Å². The van der Waals surface area contributed by atoms with Gasteiger partial charge in [0, 0.05) is 19.6 Å². The maximum Gasteiger partial charge on any atom is 0.414 e. The van der Waals surface area contributed by atoms with Crippen LogP contribution >= 0.6 is 0 Å². The molecule has 0 amide bonds. The van der Waals surface area contributed by atoms with E-state index < -0.39 is 11.9 Å². The quantitative estimate of drug-likeness (QED) is 0.478. The van der Waals surface area contributed by atoms with Crippen molar-refractivity contribution in [3.05, 3.63) is 55.1 Å². The van der Waals surface area contributed by atoms with Gasteiger partial charge in [0.05, 0.1) is 7.11 Å². The number of aliphatic carboxylic acids is 2. The fourth-order valence-electron chi connectivity index (χ4n) is 2.01. The highest BCUT2D eigenvalue weighted by molar-refractivity contribution is 6.27. The molecular formula is C20H27NO6. The van der Waals surface area contributed by atoms with Gasteiger partial charge < -0.3 is 19.7 Å². The Hall–Kier alpha value is -3.06. The lowest BCUT2D eigenvalue weighted by Gasteiger charge is -2.19. The summed E-state index contributed by atoms with van der Waals surface area (Å²) in [5, 5.41) is 14.8. The SMILES string of the molecule is C=CCN(CC=C)CCOc1ccc(/C=C/C)cc1OC.O=C(O)C(=O)O. The third kappa shape index (κ3) is 10.5. The van der Waals surface area contributed by atoms with Gasteiger partial charge >= 0.3 is 11.9 Å². The Morgan fingerprint density at radius 2 is 1.70 bits per heavy atom. The van der Waals surface area contributed by atoms with E-state index in [4.69, 9.17) is 29.3 Å². The topological polar surface area (TPSA) is 96.3 Å². The molecule has 1 aromatic rings. The first-order valence-corrected chi connectivity index (χ1v) is 8.23. The van der Waals surface area contributed by atoms with Crippen LogP contribution in [0.5, 0.6) is 11.5 Å². The minimum atomic E-state index is -1.82. The number of allylic oxidation sites excluding steroid dienone is 1. The summed E-state index contributed by atoms with van der Waals surface area (Å²) in [6, 6.07) is 5.93. The van der Waals surface area contributed by atoms with E-state index in [1.165, 1.54) is 0 Å². The monoisotopic (exact) mass is 377 g/mol. The van der Waals surface area contributed by atoms with E-state index in [0.29, 0.717) is 6.61 Å². The predicted molar refractivity (Wildman–Crippen MR) is 105 cm³/mol. The number of benzene rings is 1. The van der Waals surface area contributed by atoms with E-state index in [9.17, 15) is 0 Å². The largest absolute Gasteiger partial charge is 0.493 e. The van der Waals surface area contributed by atoms with Gasteiger partial charge in [-0.25, -0.2) is 9.59 Å². The summed E-state index contributed by atoms with van der Waals surface area (Å²) in [4.78, 5) is 20.4. The summed E-state index contributed by atoms with van der Waals surface area (Å²) in [6.45, 7) is 12.6. The molecule has 0 unspecified atom stereocenters. The molecule has 148 valence electrons. The summed E-state index contributed by atoms with van der Waals surface area (Å²) in [7, 11) is 1.66. The smallest absolute Gasteiger partial charge is 0.414 e. The Balaban J connectivity index is 0.000000972. The first kappa shape index (κ1) is 23.9. The molecule has 0 spiro atoms. The second-order valence-corrected chi connectivity index (χ2v) is 5.21. The number of hydrogen-bond donors (Lipinski definition) is 2. The molecule has 0 heterocycles. The lowest BCUT2D eigenvalue weighted by atomic mass is 10.2. The highest BCUT2D eigenvalue weighted by atomic mass is 16.5. The van der Waals surface area contributed by atoms with Crippen LogP contribution in [0.25, 0.3) is 6.08 Å².